The van der Waals surface area contributed by atoms with Crippen LogP contribution in [0, 0.1) is 17.3 Å². The van der Waals surface area contributed by atoms with Gasteiger partial charge in [-0.3, -0.25) is 10.1 Å². The van der Waals surface area contributed by atoms with Crippen LogP contribution in [0.5, 0.6) is 0 Å². The molecule has 22 heavy (non-hydrogen) atoms. The van der Waals surface area contributed by atoms with Crippen molar-refractivity contribution in [1.82, 2.24) is 5.32 Å². The van der Waals surface area contributed by atoms with Crippen molar-refractivity contribution in [3.8, 4) is 0 Å². The van der Waals surface area contributed by atoms with Crippen molar-refractivity contribution in [1.29, 1.82) is 0 Å². The minimum Gasteiger partial charge on any atom is -0.308 e. The van der Waals surface area contributed by atoms with E-state index in [0.717, 1.165) is 4.47 Å². The summed E-state index contributed by atoms with van der Waals surface area (Å²) in [6, 6.07) is 6.69. The summed E-state index contributed by atoms with van der Waals surface area (Å²) in [6.07, 6.45) is 2.11. The molecule has 2 atom stereocenters. The van der Waals surface area contributed by atoms with Gasteiger partial charge in [0.05, 0.1) is 5.92 Å². The topological polar surface area (TPSA) is 58.2 Å². The van der Waals surface area contributed by atoms with E-state index >= 15 is 0 Å². The first-order chi connectivity index (χ1) is 10.2. The molecule has 0 saturated heterocycles. The van der Waals surface area contributed by atoms with Gasteiger partial charge in [-0.25, -0.2) is 4.79 Å². The Morgan fingerprint density at radius 1 is 1.18 bits per heavy atom. The number of imide groups is 1. The molecule has 2 unspecified atom stereocenters. The third kappa shape index (κ3) is 3.77. The Kier molecular flexibility index (Phi) is 4.75. The van der Waals surface area contributed by atoms with Crippen molar-refractivity contribution < 1.29 is 9.59 Å². The maximum absolute atomic E-state index is 12.3. The Bertz CT molecular complexity index is 616. The number of anilines is 1. The van der Waals surface area contributed by atoms with Crippen LogP contribution in [-0.2, 0) is 4.79 Å². The van der Waals surface area contributed by atoms with E-state index in [9.17, 15) is 9.59 Å². The third-order valence-electron chi connectivity index (χ3n) is 4.04. The van der Waals surface area contributed by atoms with Gasteiger partial charge in [-0.05, 0) is 49.4 Å². The van der Waals surface area contributed by atoms with E-state index < -0.39 is 6.03 Å². The lowest BCUT2D eigenvalue weighted by Crippen LogP contribution is -2.36. The average Bonchev–Trinajstić information content (AvgIpc) is 2.92. The molecule has 0 radical (unpaired) electrons. The number of carbonyl (C=O) groups is 2. The predicted molar refractivity (Wildman–Crippen MR) is 91.5 cm³/mol. The van der Waals surface area contributed by atoms with Crippen LogP contribution in [0.1, 0.15) is 27.7 Å². The average molecular weight is 365 g/mol. The fourth-order valence-electron chi connectivity index (χ4n) is 2.73. The van der Waals surface area contributed by atoms with Crippen LogP contribution in [0.25, 0.3) is 0 Å². The Morgan fingerprint density at radius 3 is 2.32 bits per heavy atom. The smallest absolute Gasteiger partial charge is 0.308 e. The van der Waals surface area contributed by atoms with Gasteiger partial charge in [0.2, 0.25) is 5.91 Å². The van der Waals surface area contributed by atoms with Crippen molar-refractivity contribution in [2.45, 2.75) is 27.7 Å². The Morgan fingerprint density at radius 2 is 1.77 bits per heavy atom. The van der Waals surface area contributed by atoms with Crippen molar-refractivity contribution in [3.63, 3.8) is 0 Å². The van der Waals surface area contributed by atoms with E-state index in [-0.39, 0.29) is 23.2 Å². The molecule has 1 aliphatic carbocycles. The first kappa shape index (κ1) is 16.7. The highest BCUT2D eigenvalue weighted by Crippen LogP contribution is 2.59. The van der Waals surface area contributed by atoms with Crippen LogP contribution >= 0.6 is 15.9 Å². The van der Waals surface area contributed by atoms with Crippen LogP contribution in [-0.4, -0.2) is 11.9 Å². The SMILES string of the molecule is CC(C)=CC1C(C(=O)NC(=O)Nc2ccc(Br)cc2)C1(C)C. The van der Waals surface area contributed by atoms with Gasteiger partial charge < -0.3 is 5.32 Å². The molecule has 0 aromatic heterocycles. The molecule has 3 amide bonds. The number of amides is 3. The molecular weight excluding hydrogens is 344 g/mol. The number of allylic oxidation sites excluding steroid dienone is 2. The van der Waals surface area contributed by atoms with Gasteiger partial charge in [0.25, 0.3) is 0 Å². The quantitative estimate of drug-likeness (QED) is 0.783. The van der Waals surface area contributed by atoms with Crippen LogP contribution < -0.4 is 10.6 Å². The lowest BCUT2D eigenvalue weighted by atomic mass is 10.1. The maximum atomic E-state index is 12.3. The number of urea groups is 1. The predicted octanol–water partition coefficient (Wildman–Crippen LogP) is 4.34. The molecular formula is C17H21BrN2O2. The van der Waals surface area contributed by atoms with Crippen molar-refractivity contribution >= 4 is 33.6 Å². The minimum absolute atomic E-state index is 0.0980. The number of benzene rings is 1. The third-order valence-corrected chi connectivity index (χ3v) is 4.57. The summed E-state index contributed by atoms with van der Waals surface area (Å²) in [6.45, 7) is 8.13. The van der Waals surface area contributed by atoms with Crippen LogP contribution in [0.4, 0.5) is 10.5 Å². The van der Waals surface area contributed by atoms with E-state index in [1.165, 1.54) is 5.57 Å². The molecule has 0 heterocycles. The molecule has 1 saturated carbocycles. The highest BCUT2D eigenvalue weighted by molar-refractivity contribution is 9.10. The second kappa shape index (κ2) is 6.24. The largest absolute Gasteiger partial charge is 0.325 e. The molecule has 1 aromatic rings. The zero-order valence-corrected chi connectivity index (χ0v) is 14.8. The second-order valence-corrected chi connectivity index (χ2v) is 7.43. The Labute approximate surface area is 139 Å². The zero-order chi connectivity index (χ0) is 16.5. The molecule has 5 heteroatoms. The summed E-state index contributed by atoms with van der Waals surface area (Å²) in [7, 11) is 0. The molecule has 2 rings (SSSR count). The number of nitrogens with one attached hydrogen (secondary N) is 2. The van der Waals surface area contributed by atoms with E-state index in [1.54, 1.807) is 12.1 Å². The molecule has 0 bridgehead atoms. The molecule has 4 nitrogen and oxygen atoms in total. The summed E-state index contributed by atoms with van der Waals surface area (Å²) in [4.78, 5) is 24.2. The minimum atomic E-state index is -0.494. The highest BCUT2D eigenvalue weighted by atomic mass is 79.9. The second-order valence-electron chi connectivity index (χ2n) is 6.52. The Hall–Kier alpha value is -1.62. The molecule has 0 spiro atoms. The summed E-state index contributed by atoms with van der Waals surface area (Å²) >= 11 is 3.33. The summed E-state index contributed by atoms with van der Waals surface area (Å²) < 4.78 is 0.929. The van der Waals surface area contributed by atoms with E-state index in [1.807, 2.05) is 39.8 Å². The van der Waals surface area contributed by atoms with E-state index in [4.69, 9.17) is 0 Å². The Balaban J connectivity index is 1.93. The number of hydrogen-bond donors (Lipinski definition) is 2. The van der Waals surface area contributed by atoms with Gasteiger partial charge in [-0.15, -0.1) is 0 Å². The highest BCUT2D eigenvalue weighted by Gasteiger charge is 2.60. The zero-order valence-electron chi connectivity index (χ0n) is 13.2. The van der Waals surface area contributed by atoms with Crippen LogP contribution in [0.3, 0.4) is 0 Å². The fourth-order valence-corrected chi connectivity index (χ4v) is 3.00. The molecule has 2 N–H and O–H groups in total. The van der Waals surface area contributed by atoms with Gasteiger partial charge in [-0.1, -0.05) is 41.4 Å². The lowest BCUT2D eigenvalue weighted by Gasteiger charge is -2.07. The van der Waals surface area contributed by atoms with Gasteiger partial charge in [0, 0.05) is 10.2 Å². The normalized spacial score (nSPS) is 21.7. The number of hydrogen-bond acceptors (Lipinski definition) is 2. The standard InChI is InChI=1S/C17H21BrN2O2/c1-10(2)9-13-14(17(13,3)4)15(21)20-16(22)19-12-7-5-11(18)6-8-12/h5-9,13-14H,1-4H3,(H2,19,20,21,22). The van der Waals surface area contributed by atoms with Gasteiger partial charge in [0.1, 0.15) is 0 Å². The number of carbonyl (C=O) groups excluding carboxylic acids is 2. The number of rotatable bonds is 3. The summed E-state index contributed by atoms with van der Waals surface area (Å²) in [5, 5.41) is 5.09. The summed E-state index contributed by atoms with van der Waals surface area (Å²) in [5.74, 6) is -0.182. The monoisotopic (exact) mass is 364 g/mol. The van der Waals surface area contributed by atoms with Crippen LogP contribution in [0.15, 0.2) is 40.4 Å². The van der Waals surface area contributed by atoms with Crippen molar-refractivity contribution in [3.05, 3.63) is 40.4 Å². The fraction of sp³-hybridized carbons (Fsp3) is 0.412. The van der Waals surface area contributed by atoms with Gasteiger partial charge in [-0.2, -0.15) is 0 Å². The van der Waals surface area contributed by atoms with E-state index in [2.05, 4.69) is 32.6 Å². The summed E-state index contributed by atoms with van der Waals surface area (Å²) in [5.41, 5.74) is 1.73. The van der Waals surface area contributed by atoms with Gasteiger partial charge in [0.15, 0.2) is 0 Å². The number of halogens is 1. The van der Waals surface area contributed by atoms with Crippen molar-refractivity contribution in [2.24, 2.45) is 17.3 Å². The first-order valence-electron chi connectivity index (χ1n) is 7.24. The van der Waals surface area contributed by atoms with Crippen molar-refractivity contribution in [2.75, 3.05) is 5.32 Å². The lowest BCUT2D eigenvalue weighted by molar-refractivity contribution is -0.121. The van der Waals surface area contributed by atoms with Crippen LogP contribution in [0.2, 0.25) is 0 Å². The van der Waals surface area contributed by atoms with E-state index in [0.29, 0.717) is 5.69 Å². The molecule has 118 valence electrons. The first-order valence-corrected chi connectivity index (χ1v) is 8.03. The van der Waals surface area contributed by atoms with Gasteiger partial charge >= 0.3 is 6.03 Å². The molecule has 1 fully saturated rings. The molecule has 0 aliphatic heterocycles. The molecule has 1 aromatic carbocycles. The molecule has 1 aliphatic rings. The maximum Gasteiger partial charge on any atom is 0.325 e.